The van der Waals surface area contributed by atoms with Gasteiger partial charge in [-0.25, -0.2) is 9.98 Å². The molecule has 0 aliphatic rings. The standard InChI is InChI=1S/C18H29F3N4O2.HI/c1-4-22-17(24-8-10-26-9-6-14(2)3)25-12-15-5-7-23-16(11-15)27-13-18(19,20)21;/h5,7,11,14H,4,6,8-10,12-13H2,1-3H3,(H2,22,24,25);1H. The second-order valence-corrected chi connectivity index (χ2v) is 6.32. The van der Waals surface area contributed by atoms with Gasteiger partial charge < -0.3 is 20.1 Å². The summed E-state index contributed by atoms with van der Waals surface area (Å²) in [7, 11) is 0. The quantitative estimate of drug-likeness (QED) is 0.202. The first kappa shape index (κ1) is 26.7. The van der Waals surface area contributed by atoms with Gasteiger partial charge in [0.1, 0.15) is 0 Å². The van der Waals surface area contributed by atoms with E-state index in [1.807, 2.05) is 6.92 Å². The second-order valence-electron chi connectivity index (χ2n) is 6.32. The summed E-state index contributed by atoms with van der Waals surface area (Å²) in [5, 5.41) is 6.27. The number of nitrogens with one attached hydrogen (secondary N) is 2. The Kier molecular flexibility index (Phi) is 14.0. The molecule has 1 aromatic rings. The Bertz CT molecular complexity index is 572. The summed E-state index contributed by atoms with van der Waals surface area (Å²) in [6.45, 7) is 7.77. The minimum Gasteiger partial charge on any atom is -0.468 e. The normalized spacial score (nSPS) is 11.9. The fourth-order valence-electron chi connectivity index (χ4n) is 1.96. The number of aliphatic imine (C=N–C) groups is 1. The van der Waals surface area contributed by atoms with E-state index < -0.39 is 12.8 Å². The molecule has 1 heterocycles. The largest absolute Gasteiger partial charge is 0.468 e. The van der Waals surface area contributed by atoms with Crippen LogP contribution in [0.2, 0.25) is 0 Å². The fraction of sp³-hybridized carbons (Fsp3) is 0.667. The molecule has 0 amide bonds. The highest BCUT2D eigenvalue weighted by Gasteiger charge is 2.28. The van der Waals surface area contributed by atoms with E-state index in [1.54, 1.807) is 6.07 Å². The lowest BCUT2D eigenvalue weighted by molar-refractivity contribution is -0.154. The number of halogens is 4. The predicted octanol–water partition coefficient (Wildman–Crippen LogP) is 3.76. The van der Waals surface area contributed by atoms with Crippen LogP contribution in [-0.2, 0) is 11.3 Å². The summed E-state index contributed by atoms with van der Waals surface area (Å²) in [4.78, 5) is 8.19. The third kappa shape index (κ3) is 13.8. The molecule has 0 unspecified atom stereocenters. The van der Waals surface area contributed by atoms with E-state index in [0.717, 1.165) is 13.0 Å². The van der Waals surface area contributed by atoms with Gasteiger partial charge in [0.05, 0.1) is 13.2 Å². The van der Waals surface area contributed by atoms with E-state index in [9.17, 15) is 13.2 Å². The lowest BCUT2D eigenvalue weighted by Crippen LogP contribution is -2.39. The van der Waals surface area contributed by atoms with Gasteiger partial charge in [-0.15, -0.1) is 24.0 Å². The Hall–Kier alpha value is -1.30. The molecule has 6 nitrogen and oxygen atoms in total. The Balaban J connectivity index is 0.00000729. The van der Waals surface area contributed by atoms with E-state index in [4.69, 9.17) is 4.74 Å². The van der Waals surface area contributed by atoms with Gasteiger partial charge in [-0.05, 0) is 30.9 Å². The lowest BCUT2D eigenvalue weighted by Gasteiger charge is -2.12. The number of ether oxygens (including phenoxy) is 2. The van der Waals surface area contributed by atoms with E-state index in [1.165, 1.54) is 12.3 Å². The van der Waals surface area contributed by atoms with Crippen molar-refractivity contribution in [2.75, 3.05) is 32.9 Å². The van der Waals surface area contributed by atoms with Crippen LogP contribution in [0.4, 0.5) is 13.2 Å². The molecule has 0 fully saturated rings. The summed E-state index contributed by atoms with van der Waals surface area (Å²) >= 11 is 0. The number of hydrogen-bond donors (Lipinski definition) is 2. The second kappa shape index (κ2) is 14.7. The van der Waals surface area contributed by atoms with Crippen molar-refractivity contribution in [2.45, 2.75) is 39.9 Å². The minimum atomic E-state index is -4.39. The first-order chi connectivity index (χ1) is 12.8. The third-order valence-electron chi connectivity index (χ3n) is 3.33. The van der Waals surface area contributed by atoms with Crippen LogP contribution in [0.3, 0.4) is 0 Å². The van der Waals surface area contributed by atoms with Crippen molar-refractivity contribution in [3.8, 4) is 5.88 Å². The van der Waals surface area contributed by atoms with Crippen molar-refractivity contribution in [1.82, 2.24) is 15.6 Å². The molecular weight excluding hydrogens is 488 g/mol. The van der Waals surface area contributed by atoms with Gasteiger partial charge in [0, 0.05) is 32.0 Å². The molecule has 0 aromatic carbocycles. The smallest absolute Gasteiger partial charge is 0.422 e. The number of hydrogen-bond acceptors (Lipinski definition) is 4. The van der Waals surface area contributed by atoms with Crippen LogP contribution < -0.4 is 15.4 Å². The van der Waals surface area contributed by atoms with Gasteiger partial charge in [0.25, 0.3) is 0 Å². The maximum Gasteiger partial charge on any atom is 0.422 e. The molecule has 0 saturated heterocycles. The average molecular weight is 518 g/mol. The first-order valence-electron chi connectivity index (χ1n) is 9.04. The third-order valence-corrected chi connectivity index (χ3v) is 3.33. The van der Waals surface area contributed by atoms with Gasteiger partial charge >= 0.3 is 6.18 Å². The number of guanidine groups is 1. The highest BCUT2D eigenvalue weighted by atomic mass is 127. The summed E-state index contributed by atoms with van der Waals surface area (Å²) < 4.78 is 46.8. The number of aromatic nitrogens is 1. The lowest BCUT2D eigenvalue weighted by atomic mass is 10.1. The van der Waals surface area contributed by atoms with Gasteiger partial charge in [0.15, 0.2) is 12.6 Å². The van der Waals surface area contributed by atoms with Crippen LogP contribution in [0.25, 0.3) is 0 Å². The zero-order valence-corrected chi connectivity index (χ0v) is 18.8. The van der Waals surface area contributed by atoms with Crippen molar-refractivity contribution < 1.29 is 22.6 Å². The van der Waals surface area contributed by atoms with Crippen LogP contribution >= 0.6 is 24.0 Å². The fourth-order valence-corrected chi connectivity index (χ4v) is 1.96. The van der Waals surface area contributed by atoms with Crippen LogP contribution in [0.1, 0.15) is 32.8 Å². The van der Waals surface area contributed by atoms with Crippen LogP contribution in [0.15, 0.2) is 23.3 Å². The molecule has 0 aliphatic carbocycles. The van der Waals surface area contributed by atoms with Crippen molar-refractivity contribution >= 4 is 29.9 Å². The molecule has 162 valence electrons. The van der Waals surface area contributed by atoms with E-state index >= 15 is 0 Å². The molecule has 1 aromatic heterocycles. The highest BCUT2D eigenvalue weighted by molar-refractivity contribution is 14.0. The number of pyridine rings is 1. The SMILES string of the molecule is CCNC(=NCc1ccnc(OCC(F)(F)F)c1)NCCOCCC(C)C.I. The topological polar surface area (TPSA) is 67.8 Å². The molecule has 0 aliphatic heterocycles. The Labute approximate surface area is 181 Å². The minimum absolute atomic E-state index is 0. The van der Waals surface area contributed by atoms with Crippen LogP contribution in [-0.4, -0.2) is 50.0 Å². The summed E-state index contributed by atoms with van der Waals surface area (Å²) in [6, 6.07) is 3.14. The Morgan fingerprint density at radius 3 is 2.64 bits per heavy atom. The molecule has 2 N–H and O–H groups in total. The van der Waals surface area contributed by atoms with E-state index in [-0.39, 0.29) is 36.4 Å². The zero-order valence-electron chi connectivity index (χ0n) is 16.5. The van der Waals surface area contributed by atoms with Gasteiger partial charge in [0.2, 0.25) is 5.88 Å². The maximum absolute atomic E-state index is 12.2. The molecule has 1 rings (SSSR count). The first-order valence-corrected chi connectivity index (χ1v) is 9.04. The molecular formula is C18H30F3IN4O2. The summed E-state index contributed by atoms with van der Waals surface area (Å²) in [5.41, 5.74) is 0.701. The van der Waals surface area contributed by atoms with Crippen molar-refractivity contribution in [3.05, 3.63) is 23.9 Å². The van der Waals surface area contributed by atoms with E-state index in [0.29, 0.717) is 37.1 Å². The molecule has 10 heteroatoms. The molecule has 0 bridgehead atoms. The van der Waals surface area contributed by atoms with E-state index in [2.05, 4.69) is 39.2 Å². The Morgan fingerprint density at radius 1 is 1.25 bits per heavy atom. The number of alkyl halides is 3. The average Bonchev–Trinajstić information content (AvgIpc) is 2.60. The predicted molar refractivity (Wildman–Crippen MR) is 114 cm³/mol. The number of nitrogens with zero attached hydrogens (tertiary/aromatic N) is 2. The highest BCUT2D eigenvalue weighted by Crippen LogP contribution is 2.17. The molecule has 0 atom stereocenters. The summed E-state index contributed by atoms with van der Waals surface area (Å²) in [5.74, 6) is 1.15. The van der Waals surface area contributed by atoms with Crippen LogP contribution in [0, 0.1) is 5.92 Å². The van der Waals surface area contributed by atoms with Crippen molar-refractivity contribution in [1.29, 1.82) is 0 Å². The molecule has 0 spiro atoms. The molecule has 0 radical (unpaired) electrons. The molecule has 28 heavy (non-hydrogen) atoms. The summed E-state index contributed by atoms with van der Waals surface area (Å²) in [6.07, 6.45) is -1.97. The van der Waals surface area contributed by atoms with Crippen LogP contribution in [0.5, 0.6) is 5.88 Å². The van der Waals surface area contributed by atoms with Gasteiger partial charge in [-0.1, -0.05) is 13.8 Å². The van der Waals surface area contributed by atoms with Crippen molar-refractivity contribution in [2.24, 2.45) is 10.9 Å². The van der Waals surface area contributed by atoms with Gasteiger partial charge in [-0.3, -0.25) is 0 Å². The van der Waals surface area contributed by atoms with Crippen molar-refractivity contribution in [3.63, 3.8) is 0 Å². The monoisotopic (exact) mass is 518 g/mol. The number of rotatable bonds is 11. The van der Waals surface area contributed by atoms with Gasteiger partial charge in [-0.2, -0.15) is 13.2 Å². The zero-order chi connectivity index (χ0) is 20.1. The maximum atomic E-state index is 12.2. The Morgan fingerprint density at radius 2 is 2.00 bits per heavy atom. The molecule has 0 saturated carbocycles.